The summed E-state index contributed by atoms with van der Waals surface area (Å²) in [5.74, 6) is 0.959. The highest BCUT2D eigenvalue weighted by atomic mass is 16.5. The number of ether oxygens (including phenoxy) is 2. The quantitative estimate of drug-likeness (QED) is 0.675. The molecule has 2 N–H and O–H groups in total. The molecule has 8 nitrogen and oxygen atoms in total. The second-order valence-electron chi connectivity index (χ2n) is 5.60. The molecule has 0 aliphatic heterocycles. The molecule has 0 aliphatic rings. The number of nitrogens with zero attached hydrogens (tertiary/aromatic N) is 3. The Morgan fingerprint density at radius 1 is 1.12 bits per heavy atom. The Balaban J connectivity index is 1.80. The van der Waals surface area contributed by atoms with Crippen molar-refractivity contribution in [3.05, 3.63) is 59.9 Å². The number of hydrogen-bond acceptors (Lipinski definition) is 6. The zero-order chi connectivity index (χ0) is 18.4. The van der Waals surface area contributed by atoms with Crippen LogP contribution in [0.4, 0.5) is 5.69 Å². The average molecular weight is 353 g/mol. The van der Waals surface area contributed by atoms with Gasteiger partial charge in [0.15, 0.2) is 5.82 Å². The maximum Gasteiger partial charge on any atom is 0.235 e. The molecule has 26 heavy (non-hydrogen) atoms. The van der Waals surface area contributed by atoms with Crippen LogP contribution >= 0.6 is 0 Å². The minimum absolute atomic E-state index is 0.223. The van der Waals surface area contributed by atoms with Crippen LogP contribution in [0.15, 0.2) is 48.5 Å². The molecule has 0 radical (unpaired) electrons. The largest absolute Gasteiger partial charge is 0.497 e. The predicted molar refractivity (Wildman–Crippen MR) is 95.2 cm³/mol. The van der Waals surface area contributed by atoms with Crippen LogP contribution in [0, 0.1) is 0 Å². The number of aromatic amines is 1. The number of benzene rings is 2. The molecule has 1 atom stereocenters. The number of rotatable bonds is 7. The van der Waals surface area contributed by atoms with Crippen LogP contribution in [-0.4, -0.2) is 40.8 Å². The van der Waals surface area contributed by atoms with Crippen LogP contribution in [0.3, 0.4) is 0 Å². The maximum absolute atomic E-state index is 12.8. The number of methoxy groups -OCH3 is 2. The van der Waals surface area contributed by atoms with E-state index in [1.165, 1.54) is 0 Å². The van der Waals surface area contributed by atoms with Crippen LogP contribution in [0.1, 0.15) is 17.3 Å². The summed E-state index contributed by atoms with van der Waals surface area (Å²) in [5.41, 5.74) is 1.60. The van der Waals surface area contributed by atoms with Crippen molar-refractivity contribution in [3.63, 3.8) is 0 Å². The van der Waals surface area contributed by atoms with Crippen molar-refractivity contribution in [2.75, 3.05) is 19.5 Å². The number of aromatic nitrogens is 4. The zero-order valence-electron chi connectivity index (χ0n) is 14.5. The standard InChI is InChI=1S/C18H19N5O3/c1-25-14-8-6-13(7-9-14)19-18(24)16(17-20-22-23-21-17)11-12-4-3-5-15(10-12)26-2/h3-10,16H,11H2,1-2H3,(H,19,24)(H,20,21,22,23)/t16-/m1/s1. The van der Waals surface area contributed by atoms with E-state index < -0.39 is 5.92 Å². The molecular weight excluding hydrogens is 334 g/mol. The van der Waals surface area contributed by atoms with Crippen LogP contribution in [0.2, 0.25) is 0 Å². The van der Waals surface area contributed by atoms with Gasteiger partial charge in [-0.3, -0.25) is 4.79 Å². The van der Waals surface area contributed by atoms with Crippen LogP contribution in [0.25, 0.3) is 0 Å². The fourth-order valence-corrected chi connectivity index (χ4v) is 2.56. The summed E-state index contributed by atoms with van der Waals surface area (Å²) in [6.07, 6.45) is 0.415. The van der Waals surface area contributed by atoms with Gasteiger partial charge in [0.2, 0.25) is 5.91 Å². The van der Waals surface area contributed by atoms with Crippen molar-refractivity contribution in [1.82, 2.24) is 20.6 Å². The first-order chi connectivity index (χ1) is 12.7. The number of H-pyrrole nitrogens is 1. The van der Waals surface area contributed by atoms with Crippen LogP contribution in [-0.2, 0) is 11.2 Å². The minimum Gasteiger partial charge on any atom is -0.497 e. The maximum atomic E-state index is 12.8. The van der Waals surface area contributed by atoms with Gasteiger partial charge < -0.3 is 14.8 Å². The van der Waals surface area contributed by atoms with Crippen molar-refractivity contribution < 1.29 is 14.3 Å². The number of amides is 1. The van der Waals surface area contributed by atoms with Gasteiger partial charge in [-0.05, 0) is 48.4 Å². The van der Waals surface area contributed by atoms with E-state index in [9.17, 15) is 4.79 Å². The molecule has 8 heteroatoms. The van der Waals surface area contributed by atoms with Crippen molar-refractivity contribution in [3.8, 4) is 11.5 Å². The van der Waals surface area contributed by atoms with Crippen LogP contribution in [0.5, 0.6) is 11.5 Å². The highest BCUT2D eigenvalue weighted by Crippen LogP contribution is 2.23. The molecule has 3 aromatic rings. The molecule has 0 saturated carbocycles. The lowest BCUT2D eigenvalue weighted by atomic mass is 9.97. The molecule has 0 unspecified atom stereocenters. The highest BCUT2D eigenvalue weighted by molar-refractivity contribution is 5.95. The molecule has 1 heterocycles. The number of carbonyl (C=O) groups excluding carboxylic acids is 1. The highest BCUT2D eigenvalue weighted by Gasteiger charge is 2.25. The number of nitrogens with one attached hydrogen (secondary N) is 2. The Morgan fingerprint density at radius 2 is 1.88 bits per heavy atom. The van der Waals surface area contributed by atoms with E-state index in [-0.39, 0.29) is 5.91 Å². The van der Waals surface area contributed by atoms with E-state index in [1.807, 2.05) is 24.3 Å². The monoisotopic (exact) mass is 353 g/mol. The second kappa shape index (κ2) is 8.11. The lowest BCUT2D eigenvalue weighted by Crippen LogP contribution is -2.24. The summed E-state index contributed by atoms with van der Waals surface area (Å²) in [4.78, 5) is 12.8. The Hall–Kier alpha value is -3.42. The summed E-state index contributed by atoms with van der Waals surface area (Å²) in [6.45, 7) is 0. The molecule has 1 amide bonds. The third-order valence-corrected chi connectivity index (χ3v) is 3.92. The first-order valence-corrected chi connectivity index (χ1v) is 8.01. The summed E-state index contributed by atoms with van der Waals surface area (Å²) >= 11 is 0. The first kappa shape index (κ1) is 17.4. The van der Waals surface area contributed by atoms with E-state index in [4.69, 9.17) is 9.47 Å². The number of hydrogen-bond donors (Lipinski definition) is 2. The molecule has 1 aromatic heterocycles. The fraction of sp³-hybridized carbons (Fsp3) is 0.222. The lowest BCUT2D eigenvalue weighted by Gasteiger charge is -2.14. The molecule has 0 aliphatic carbocycles. The van der Waals surface area contributed by atoms with Gasteiger partial charge in [0, 0.05) is 5.69 Å². The first-order valence-electron chi connectivity index (χ1n) is 8.01. The van der Waals surface area contributed by atoms with E-state index in [1.54, 1.807) is 38.5 Å². The van der Waals surface area contributed by atoms with E-state index >= 15 is 0 Å². The molecule has 0 bridgehead atoms. The van der Waals surface area contributed by atoms with Crippen molar-refractivity contribution >= 4 is 11.6 Å². The third kappa shape index (κ3) is 4.15. The zero-order valence-corrected chi connectivity index (χ0v) is 14.5. The van der Waals surface area contributed by atoms with Gasteiger partial charge in [-0.15, -0.1) is 10.2 Å². The lowest BCUT2D eigenvalue weighted by molar-refractivity contribution is -0.117. The Bertz CT molecular complexity index is 850. The van der Waals surface area contributed by atoms with Crippen molar-refractivity contribution in [2.24, 2.45) is 0 Å². The van der Waals surface area contributed by atoms with Crippen LogP contribution < -0.4 is 14.8 Å². The smallest absolute Gasteiger partial charge is 0.235 e. The normalized spacial score (nSPS) is 11.6. The van der Waals surface area contributed by atoms with Gasteiger partial charge in [0.1, 0.15) is 17.4 Å². The SMILES string of the molecule is COc1ccc(NC(=O)[C@H](Cc2cccc(OC)c2)c2nn[nH]n2)cc1. The molecule has 134 valence electrons. The molecule has 2 aromatic carbocycles. The van der Waals surface area contributed by atoms with Gasteiger partial charge in [0.05, 0.1) is 14.2 Å². The summed E-state index contributed by atoms with van der Waals surface area (Å²) in [6, 6.07) is 14.6. The Labute approximate surface area is 150 Å². The van der Waals surface area contributed by atoms with E-state index in [0.29, 0.717) is 23.7 Å². The topological polar surface area (TPSA) is 102 Å². The van der Waals surface area contributed by atoms with E-state index in [0.717, 1.165) is 11.3 Å². The van der Waals surface area contributed by atoms with Crippen molar-refractivity contribution in [2.45, 2.75) is 12.3 Å². The predicted octanol–water partition coefficient (Wildman–Crippen LogP) is 2.18. The van der Waals surface area contributed by atoms with Gasteiger partial charge in [0.25, 0.3) is 0 Å². The summed E-state index contributed by atoms with van der Waals surface area (Å²) in [7, 11) is 3.19. The van der Waals surface area contributed by atoms with Gasteiger partial charge in [-0.25, -0.2) is 0 Å². The number of carbonyl (C=O) groups is 1. The summed E-state index contributed by atoms with van der Waals surface area (Å²) < 4.78 is 10.4. The third-order valence-electron chi connectivity index (χ3n) is 3.92. The van der Waals surface area contributed by atoms with E-state index in [2.05, 4.69) is 25.9 Å². The van der Waals surface area contributed by atoms with Gasteiger partial charge >= 0.3 is 0 Å². The Morgan fingerprint density at radius 3 is 2.54 bits per heavy atom. The Kier molecular flexibility index (Phi) is 5.43. The molecular formula is C18H19N5O3. The molecule has 0 fully saturated rings. The number of tetrazole rings is 1. The minimum atomic E-state index is -0.594. The number of anilines is 1. The molecule has 3 rings (SSSR count). The summed E-state index contributed by atoms with van der Waals surface area (Å²) in [5, 5.41) is 16.8. The molecule has 0 spiro atoms. The second-order valence-corrected chi connectivity index (χ2v) is 5.60. The molecule has 0 saturated heterocycles. The fourth-order valence-electron chi connectivity index (χ4n) is 2.56. The van der Waals surface area contributed by atoms with Gasteiger partial charge in [-0.1, -0.05) is 17.3 Å². The average Bonchev–Trinajstić information content (AvgIpc) is 3.21. The van der Waals surface area contributed by atoms with Gasteiger partial charge in [-0.2, -0.15) is 5.21 Å². The van der Waals surface area contributed by atoms with Crippen molar-refractivity contribution in [1.29, 1.82) is 0 Å².